The largest absolute Gasteiger partial charge is 0.495 e. The van der Waals surface area contributed by atoms with Crippen molar-refractivity contribution < 1.29 is 27.5 Å². The number of sulfonamides is 1. The van der Waals surface area contributed by atoms with E-state index in [0.717, 1.165) is 5.56 Å². The van der Waals surface area contributed by atoms with Gasteiger partial charge in [-0.1, -0.05) is 17.7 Å². The molecule has 1 amide bonds. The molecule has 1 N–H and O–H groups in total. The quantitative estimate of drug-likeness (QED) is 0.610. The highest BCUT2D eigenvalue weighted by Gasteiger charge is 2.33. The zero-order valence-corrected chi connectivity index (χ0v) is 19.4. The summed E-state index contributed by atoms with van der Waals surface area (Å²) in [5.74, 6) is -0.956. The highest BCUT2D eigenvalue weighted by Crippen LogP contribution is 2.26. The molecule has 1 fully saturated rings. The van der Waals surface area contributed by atoms with E-state index in [4.69, 9.17) is 21.1 Å². The zero-order chi connectivity index (χ0) is 23.3. The van der Waals surface area contributed by atoms with Crippen LogP contribution >= 0.6 is 11.6 Å². The highest BCUT2D eigenvalue weighted by atomic mass is 35.5. The summed E-state index contributed by atoms with van der Waals surface area (Å²) in [6.07, 6.45) is 0.637. The Bertz CT molecular complexity index is 1080. The summed E-state index contributed by atoms with van der Waals surface area (Å²) in [5, 5.41) is 3.13. The average Bonchev–Trinajstić information content (AvgIpc) is 2.78. The predicted molar refractivity (Wildman–Crippen MR) is 120 cm³/mol. The maximum absolute atomic E-state index is 12.7. The maximum atomic E-state index is 12.7. The second-order valence-corrected chi connectivity index (χ2v) is 9.87. The topological polar surface area (TPSA) is 102 Å². The minimum absolute atomic E-state index is 0.158. The second kappa shape index (κ2) is 10.3. The van der Waals surface area contributed by atoms with Crippen molar-refractivity contribution in [1.29, 1.82) is 0 Å². The molecule has 2 aromatic carbocycles. The van der Waals surface area contributed by atoms with Crippen LogP contribution in [0.1, 0.15) is 18.4 Å². The lowest BCUT2D eigenvalue weighted by molar-refractivity contribution is -0.152. The molecule has 0 aliphatic carbocycles. The van der Waals surface area contributed by atoms with Crippen molar-refractivity contribution in [3.05, 3.63) is 53.1 Å². The summed E-state index contributed by atoms with van der Waals surface area (Å²) < 4.78 is 37.2. The molecule has 172 valence electrons. The molecule has 0 radical (unpaired) electrons. The third-order valence-corrected chi connectivity index (χ3v) is 7.38. The molecule has 0 unspecified atom stereocenters. The summed E-state index contributed by atoms with van der Waals surface area (Å²) in [5.41, 5.74) is 1.44. The number of carbonyl (C=O) groups excluding carboxylic acids is 2. The molecule has 2 aromatic rings. The summed E-state index contributed by atoms with van der Waals surface area (Å²) in [7, 11) is -2.15. The molecule has 1 aliphatic rings. The number of methoxy groups -OCH3 is 1. The van der Waals surface area contributed by atoms with Crippen LogP contribution in [-0.4, -0.2) is 51.4 Å². The number of halogens is 1. The number of anilines is 1. The highest BCUT2D eigenvalue weighted by molar-refractivity contribution is 7.89. The average molecular weight is 481 g/mol. The predicted octanol–water partition coefficient (Wildman–Crippen LogP) is 3.24. The summed E-state index contributed by atoms with van der Waals surface area (Å²) in [4.78, 5) is 24.7. The molecular formula is C22H25ClN2O6S. The molecule has 32 heavy (non-hydrogen) atoms. The first-order valence-electron chi connectivity index (χ1n) is 10.1. The molecule has 8 nitrogen and oxygen atoms in total. The van der Waals surface area contributed by atoms with Gasteiger partial charge in [0.25, 0.3) is 5.91 Å². The van der Waals surface area contributed by atoms with Gasteiger partial charge in [-0.3, -0.25) is 9.59 Å². The van der Waals surface area contributed by atoms with Gasteiger partial charge in [0, 0.05) is 18.1 Å². The number of hydrogen-bond donors (Lipinski definition) is 1. The van der Waals surface area contributed by atoms with Gasteiger partial charge in [0.2, 0.25) is 10.0 Å². The fraction of sp³-hybridized carbons (Fsp3) is 0.364. The minimum atomic E-state index is -3.65. The van der Waals surface area contributed by atoms with E-state index in [-0.39, 0.29) is 18.0 Å². The Morgan fingerprint density at radius 3 is 2.41 bits per heavy atom. The Hall–Kier alpha value is -2.62. The number of esters is 1. The maximum Gasteiger partial charge on any atom is 0.309 e. The van der Waals surface area contributed by atoms with E-state index in [2.05, 4.69) is 5.32 Å². The van der Waals surface area contributed by atoms with Crippen molar-refractivity contribution in [2.45, 2.75) is 24.7 Å². The Balaban J connectivity index is 1.50. The lowest BCUT2D eigenvalue weighted by atomic mass is 9.98. The van der Waals surface area contributed by atoms with Crippen molar-refractivity contribution in [2.75, 3.05) is 32.1 Å². The Morgan fingerprint density at radius 1 is 1.12 bits per heavy atom. The molecule has 0 saturated carbocycles. The van der Waals surface area contributed by atoms with Crippen LogP contribution in [0.25, 0.3) is 0 Å². The number of ether oxygens (including phenoxy) is 2. The van der Waals surface area contributed by atoms with E-state index in [1.807, 2.05) is 13.0 Å². The van der Waals surface area contributed by atoms with Gasteiger partial charge in [0.15, 0.2) is 6.61 Å². The number of rotatable bonds is 7. The van der Waals surface area contributed by atoms with Crippen LogP contribution in [0.3, 0.4) is 0 Å². The first-order valence-corrected chi connectivity index (χ1v) is 11.9. The molecule has 1 saturated heterocycles. The molecule has 0 bridgehead atoms. The molecule has 1 aliphatic heterocycles. The van der Waals surface area contributed by atoms with Crippen LogP contribution < -0.4 is 10.1 Å². The van der Waals surface area contributed by atoms with Gasteiger partial charge < -0.3 is 14.8 Å². The van der Waals surface area contributed by atoms with Gasteiger partial charge in [-0.2, -0.15) is 4.31 Å². The first kappa shape index (κ1) is 24.0. The van der Waals surface area contributed by atoms with Crippen LogP contribution in [-0.2, 0) is 24.3 Å². The van der Waals surface area contributed by atoms with E-state index >= 15 is 0 Å². The van der Waals surface area contributed by atoms with Crippen molar-refractivity contribution in [3.63, 3.8) is 0 Å². The Morgan fingerprint density at radius 2 is 1.78 bits per heavy atom. The van der Waals surface area contributed by atoms with Gasteiger partial charge in [-0.25, -0.2) is 8.42 Å². The van der Waals surface area contributed by atoms with Gasteiger partial charge >= 0.3 is 5.97 Å². The van der Waals surface area contributed by atoms with E-state index in [1.54, 1.807) is 12.1 Å². The van der Waals surface area contributed by atoms with Crippen LogP contribution in [0, 0.1) is 12.8 Å². The van der Waals surface area contributed by atoms with Crippen LogP contribution in [0.4, 0.5) is 5.69 Å². The number of aryl methyl sites for hydroxylation is 1. The third-order valence-electron chi connectivity index (χ3n) is 5.21. The molecule has 3 rings (SSSR count). The number of carbonyl (C=O) groups is 2. The fourth-order valence-corrected chi connectivity index (χ4v) is 5.04. The van der Waals surface area contributed by atoms with Crippen LogP contribution in [0.2, 0.25) is 5.02 Å². The van der Waals surface area contributed by atoms with E-state index < -0.39 is 34.4 Å². The molecular weight excluding hydrogens is 456 g/mol. The number of piperidine rings is 1. The minimum Gasteiger partial charge on any atom is -0.495 e. The number of benzene rings is 2. The standard InChI is InChI=1S/C22H25ClN2O6S/c1-15-3-8-20(30-2)19(13-15)24-21(26)14-31-22(27)16-9-11-25(12-10-16)32(28,29)18-6-4-17(23)5-7-18/h3-8,13,16H,9-12,14H2,1-2H3,(H,24,26). The molecule has 1 heterocycles. The normalized spacial score (nSPS) is 15.2. The van der Waals surface area contributed by atoms with Crippen molar-refractivity contribution in [3.8, 4) is 5.75 Å². The SMILES string of the molecule is COc1ccc(C)cc1NC(=O)COC(=O)C1CCN(S(=O)(=O)c2ccc(Cl)cc2)CC1. The van der Waals surface area contributed by atoms with Crippen LogP contribution in [0.15, 0.2) is 47.4 Å². The first-order chi connectivity index (χ1) is 15.2. The second-order valence-electron chi connectivity index (χ2n) is 7.49. The Labute approximate surface area is 192 Å². The van der Waals surface area contributed by atoms with Crippen LogP contribution in [0.5, 0.6) is 5.75 Å². The smallest absolute Gasteiger partial charge is 0.309 e. The van der Waals surface area contributed by atoms with Gasteiger partial charge in [-0.15, -0.1) is 0 Å². The summed E-state index contributed by atoms with van der Waals surface area (Å²) in [6.45, 7) is 1.84. The van der Waals surface area contributed by atoms with E-state index in [0.29, 0.717) is 29.3 Å². The third kappa shape index (κ3) is 5.79. The molecule has 0 aromatic heterocycles. The van der Waals surface area contributed by atoms with Gasteiger partial charge in [0.1, 0.15) is 5.75 Å². The van der Waals surface area contributed by atoms with Crippen molar-refractivity contribution in [2.24, 2.45) is 5.92 Å². The summed E-state index contributed by atoms with van der Waals surface area (Å²) in [6, 6.07) is 11.3. The van der Waals surface area contributed by atoms with Crippen molar-refractivity contribution in [1.82, 2.24) is 4.31 Å². The zero-order valence-electron chi connectivity index (χ0n) is 17.8. The van der Waals surface area contributed by atoms with Gasteiger partial charge in [0.05, 0.1) is 23.6 Å². The summed E-state index contributed by atoms with van der Waals surface area (Å²) >= 11 is 5.83. The number of amides is 1. The van der Waals surface area contributed by atoms with Gasteiger partial charge in [-0.05, 0) is 61.7 Å². The monoisotopic (exact) mass is 480 g/mol. The number of nitrogens with one attached hydrogen (secondary N) is 1. The number of nitrogens with zero attached hydrogens (tertiary/aromatic N) is 1. The number of hydrogen-bond acceptors (Lipinski definition) is 6. The Kier molecular flexibility index (Phi) is 7.76. The van der Waals surface area contributed by atoms with E-state index in [9.17, 15) is 18.0 Å². The lowest BCUT2D eigenvalue weighted by Crippen LogP contribution is -2.40. The van der Waals surface area contributed by atoms with Crippen molar-refractivity contribution >= 4 is 39.2 Å². The lowest BCUT2D eigenvalue weighted by Gasteiger charge is -2.30. The molecule has 10 heteroatoms. The molecule has 0 atom stereocenters. The fourth-order valence-electron chi connectivity index (χ4n) is 3.45. The molecule has 0 spiro atoms. The van der Waals surface area contributed by atoms with E-state index in [1.165, 1.54) is 35.7 Å².